The van der Waals surface area contributed by atoms with E-state index in [9.17, 15) is 0 Å². The highest BCUT2D eigenvalue weighted by molar-refractivity contribution is 6.34. The molecule has 0 atom stereocenters. The van der Waals surface area contributed by atoms with Crippen LogP contribution in [0.3, 0.4) is 0 Å². The smallest absolute Gasteiger partial charge is 0.140 e. The number of halogens is 1. The Morgan fingerprint density at radius 3 is 1.69 bits per heavy atom. The van der Waals surface area contributed by atoms with E-state index in [4.69, 9.17) is 31.8 Å². The van der Waals surface area contributed by atoms with Crippen LogP contribution in [-0.4, -0.2) is 92.9 Å². The quantitative estimate of drug-likeness (QED) is 0.0922. The van der Waals surface area contributed by atoms with Gasteiger partial charge in [0.1, 0.15) is 11.0 Å². The summed E-state index contributed by atoms with van der Waals surface area (Å²) < 4.78 is 10.9. The number of nitrogen functional groups attached to an aromatic ring is 1. The molecular formula is C50H45ClN12O2. The molecule has 0 saturated carbocycles. The summed E-state index contributed by atoms with van der Waals surface area (Å²) in [5, 5.41) is 21.8. The molecule has 0 amide bonds. The number of anilines is 5. The van der Waals surface area contributed by atoms with Gasteiger partial charge in [-0.1, -0.05) is 35.9 Å². The van der Waals surface area contributed by atoms with Gasteiger partial charge in [0.05, 0.1) is 72.3 Å². The van der Waals surface area contributed by atoms with Crippen molar-refractivity contribution < 1.29 is 9.47 Å². The van der Waals surface area contributed by atoms with E-state index in [0.29, 0.717) is 5.15 Å². The molecular weight excluding hydrogens is 836 g/mol. The van der Waals surface area contributed by atoms with Crippen LogP contribution in [0.4, 0.5) is 28.6 Å². The minimum atomic E-state index is 0.489. The zero-order chi connectivity index (χ0) is 44.0. The Labute approximate surface area is 379 Å². The molecule has 6 aromatic heterocycles. The molecule has 12 rings (SSSR count). The molecule has 5 N–H and O–H groups in total. The van der Waals surface area contributed by atoms with Gasteiger partial charge in [0.2, 0.25) is 0 Å². The number of H-pyrrole nitrogens is 2. The number of hydrogen-bond donors (Lipinski definition) is 4. The highest BCUT2D eigenvalue weighted by Crippen LogP contribution is 2.32. The number of aromatic nitrogens is 8. The van der Waals surface area contributed by atoms with Crippen LogP contribution in [0.1, 0.15) is 0 Å². The van der Waals surface area contributed by atoms with Crippen LogP contribution < -0.4 is 20.9 Å². The van der Waals surface area contributed by atoms with E-state index < -0.39 is 0 Å². The SMILES string of the molecule is Clc1nc(-c2ccc(N3CCOCC3)cc2)cc2ncccc12.Nc1ccc2cn[nH]c2c1.c1cnc2cc(-c3ccc(N4CCOCC4)cc3)nc(Nc3ccc4cn[nH]c4c3)c2c1. The molecule has 2 aliphatic rings. The molecule has 4 aromatic carbocycles. The summed E-state index contributed by atoms with van der Waals surface area (Å²) in [6.45, 7) is 6.84. The lowest BCUT2D eigenvalue weighted by Gasteiger charge is -2.28. The summed E-state index contributed by atoms with van der Waals surface area (Å²) in [7, 11) is 0. The third kappa shape index (κ3) is 9.50. The number of nitrogens with zero attached hydrogens (tertiary/aromatic N) is 8. The van der Waals surface area contributed by atoms with Crippen LogP contribution in [0.25, 0.3) is 66.1 Å². The summed E-state index contributed by atoms with van der Waals surface area (Å²) in [6.07, 6.45) is 7.17. The Bertz CT molecular complexity index is 3200. The molecule has 0 bridgehead atoms. The van der Waals surface area contributed by atoms with Crippen LogP contribution in [0.2, 0.25) is 5.15 Å². The molecule has 15 heteroatoms. The first kappa shape index (κ1) is 41.4. The van der Waals surface area contributed by atoms with Gasteiger partial charge in [-0.2, -0.15) is 10.2 Å². The van der Waals surface area contributed by atoms with Gasteiger partial charge < -0.3 is 30.3 Å². The maximum absolute atomic E-state index is 6.29. The van der Waals surface area contributed by atoms with Gasteiger partial charge in [-0.3, -0.25) is 20.2 Å². The van der Waals surface area contributed by atoms with E-state index >= 15 is 0 Å². The fraction of sp³-hybridized carbons (Fsp3) is 0.160. The number of fused-ring (bicyclic) bond motifs is 4. The Kier molecular flexibility index (Phi) is 12.1. The monoisotopic (exact) mass is 880 g/mol. The molecule has 2 saturated heterocycles. The normalized spacial score (nSPS) is 13.9. The molecule has 2 fully saturated rings. The van der Waals surface area contributed by atoms with Gasteiger partial charge in [-0.15, -0.1) is 0 Å². The van der Waals surface area contributed by atoms with Crippen molar-refractivity contribution in [3.8, 4) is 22.5 Å². The average Bonchev–Trinajstić information content (AvgIpc) is 4.05. The van der Waals surface area contributed by atoms with E-state index in [2.05, 4.69) is 99.0 Å². The topological polar surface area (TPSA) is 172 Å². The molecule has 65 heavy (non-hydrogen) atoms. The summed E-state index contributed by atoms with van der Waals surface area (Å²) >= 11 is 6.29. The second-order valence-electron chi connectivity index (χ2n) is 15.6. The minimum Gasteiger partial charge on any atom is -0.399 e. The Morgan fingerprint density at radius 2 is 1.09 bits per heavy atom. The number of pyridine rings is 4. The maximum atomic E-state index is 6.29. The summed E-state index contributed by atoms with van der Waals surface area (Å²) in [5.41, 5.74) is 17.2. The van der Waals surface area contributed by atoms with Crippen LogP contribution in [-0.2, 0) is 9.47 Å². The summed E-state index contributed by atoms with van der Waals surface area (Å²) in [4.78, 5) is 23.1. The molecule has 324 valence electrons. The minimum absolute atomic E-state index is 0.489. The van der Waals surface area contributed by atoms with Crippen molar-refractivity contribution in [3.05, 3.63) is 151 Å². The van der Waals surface area contributed by atoms with Gasteiger partial charge in [0.25, 0.3) is 0 Å². The molecule has 8 heterocycles. The molecule has 0 unspecified atom stereocenters. The van der Waals surface area contributed by atoms with Gasteiger partial charge in [0.15, 0.2) is 0 Å². The van der Waals surface area contributed by atoms with Crippen molar-refractivity contribution in [2.24, 2.45) is 0 Å². The van der Waals surface area contributed by atoms with E-state index in [1.165, 1.54) is 11.4 Å². The number of nitrogens with one attached hydrogen (secondary N) is 3. The van der Waals surface area contributed by atoms with Gasteiger partial charge >= 0.3 is 0 Å². The number of benzene rings is 4. The lowest BCUT2D eigenvalue weighted by molar-refractivity contribution is 0.122. The Morgan fingerprint density at radius 1 is 0.569 bits per heavy atom. The average molecular weight is 881 g/mol. The lowest BCUT2D eigenvalue weighted by atomic mass is 10.1. The highest BCUT2D eigenvalue weighted by Gasteiger charge is 2.15. The number of nitrogens with two attached hydrogens (primary N) is 1. The predicted molar refractivity (Wildman–Crippen MR) is 261 cm³/mol. The Balaban J connectivity index is 0.000000131. The highest BCUT2D eigenvalue weighted by atomic mass is 35.5. The van der Waals surface area contributed by atoms with Crippen LogP contribution in [0.5, 0.6) is 0 Å². The maximum Gasteiger partial charge on any atom is 0.140 e. The van der Waals surface area contributed by atoms with Crippen LogP contribution in [0.15, 0.2) is 146 Å². The summed E-state index contributed by atoms with van der Waals surface area (Å²) in [6, 6.07) is 40.5. The number of rotatable bonds is 6. The standard InChI is InChI=1S/C25H22N6O.C18H16ClN3O.C7H7N3/c1-2-21-24(26-9-1)15-22(17-4-7-20(8-5-17)31-10-12-32-13-11-31)29-25(21)28-19-6-3-18-16-27-30-23(18)14-19;19-18-15-2-1-7-20-17(15)12-16(21-18)13-3-5-14(6-4-13)22-8-10-23-11-9-22;8-6-2-1-5-4-9-10-7(5)3-6/h1-9,14-16H,10-13H2,(H,27,30)(H,28,29);1-7,12H,8-11H2;1-4H,8H2,(H,9,10). The van der Waals surface area contributed by atoms with Crippen molar-refractivity contribution in [3.63, 3.8) is 0 Å². The van der Waals surface area contributed by atoms with Gasteiger partial charge in [-0.05, 0) is 97.1 Å². The number of ether oxygens (including phenoxy) is 2. The zero-order valence-corrected chi connectivity index (χ0v) is 36.1. The number of aromatic amines is 2. The molecule has 0 spiro atoms. The fourth-order valence-corrected chi connectivity index (χ4v) is 8.19. The van der Waals surface area contributed by atoms with E-state index in [1.54, 1.807) is 12.4 Å². The lowest BCUT2D eigenvalue weighted by Crippen LogP contribution is -2.36. The molecule has 0 radical (unpaired) electrons. The first-order chi connectivity index (χ1) is 32.0. The first-order valence-corrected chi connectivity index (χ1v) is 21.8. The molecule has 10 aromatic rings. The molecule has 14 nitrogen and oxygen atoms in total. The summed E-state index contributed by atoms with van der Waals surface area (Å²) in [5.74, 6) is 0.779. The number of hydrogen-bond acceptors (Lipinski definition) is 12. The Hall–Kier alpha value is -7.65. The fourth-order valence-electron chi connectivity index (χ4n) is 7.94. The molecule has 2 aliphatic heterocycles. The van der Waals surface area contributed by atoms with Crippen molar-refractivity contribution in [2.75, 3.05) is 73.5 Å². The van der Waals surface area contributed by atoms with Crippen molar-refractivity contribution in [1.29, 1.82) is 0 Å². The second kappa shape index (κ2) is 19.0. The van der Waals surface area contributed by atoms with Crippen molar-refractivity contribution in [1.82, 2.24) is 40.3 Å². The van der Waals surface area contributed by atoms with Crippen molar-refractivity contribution in [2.45, 2.75) is 0 Å². The van der Waals surface area contributed by atoms with Crippen LogP contribution >= 0.6 is 11.6 Å². The largest absolute Gasteiger partial charge is 0.399 e. The van der Waals surface area contributed by atoms with E-state index in [-0.39, 0.29) is 0 Å². The third-order valence-corrected chi connectivity index (χ3v) is 11.7. The van der Waals surface area contributed by atoms with Crippen molar-refractivity contribution >= 4 is 83.8 Å². The molecule has 0 aliphatic carbocycles. The third-order valence-electron chi connectivity index (χ3n) is 11.4. The van der Waals surface area contributed by atoms with Gasteiger partial charge in [0, 0.05) is 94.0 Å². The first-order valence-electron chi connectivity index (χ1n) is 21.4. The van der Waals surface area contributed by atoms with Gasteiger partial charge in [-0.25, -0.2) is 9.97 Å². The van der Waals surface area contributed by atoms with E-state index in [1.807, 2.05) is 85.2 Å². The predicted octanol–water partition coefficient (Wildman–Crippen LogP) is 9.69. The van der Waals surface area contributed by atoms with Crippen LogP contribution in [0, 0.1) is 0 Å². The number of morpholine rings is 2. The van der Waals surface area contributed by atoms with E-state index in [0.717, 1.165) is 136 Å². The zero-order valence-electron chi connectivity index (χ0n) is 35.4. The second-order valence-corrected chi connectivity index (χ2v) is 16.0.